The fraction of sp³-hybridized carbons (Fsp3) is 0.429. The molecule has 2 rings (SSSR count). The number of amides is 1. The first-order valence-electron chi connectivity index (χ1n) is 6.69. The highest BCUT2D eigenvalue weighted by Crippen LogP contribution is 2.21. The van der Waals surface area contributed by atoms with E-state index in [1.165, 1.54) is 6.33 Å². The minimum Gasteiger partial charge on any atom is -0.325 e. The van der Waals surface area contributed by atoms with Crippen LogP contribution in [0.25, 0.3) is 5.69 Å². The maximum absolute atomic E-state index is 12.2. The van der Waals surface area contributed by atoms with Gasteiger partial charge in [-0.05, 0) is 40.5 Å². The molecule has 1 atom stereocenters. The predicted molar refractivity (Wildman–Crippen MR) is 80.0 cm³/mol. The van der Waals surface area contributed by atoms with Crippen molar-refractivity contribution in [2.75, 3.05) is 5.32 Å². The molecule has 3 N–H and O–H groups in total. The van der Waals surface area contributed by atoms with Crippen molar-refractivity contribution < 1.29 is 4.79 Å². The summed E-state index contributed by atoms with van der Waals surface area (Å²) in [4.78, 5) is 12.2. The van der Waals surface area contributed by atoms with Gasteiger partial charge in [-0.2, -0.15) is 0 Å². The Morgan fingerprint density at radius 1 is 1.38 bits per heavy atom. The summed E-state index contributed by atoms with van der Waals surface area (Å²) >= 11 is 0. The van der Waals surface area contributed by atoms with Gasteiger partial charge in [0.05, 0.1) is 11.7 Å². The first kappa shape index (κ1) is 15.1. The Morgan fingerprint density at radius 3 is 2.67 bits per heavy atom. The summed E-state index contributed by atoms with van der Waals surface area (Å²) in [6.45, 7) is 7.74. The number of tetrazole rings is 1. The zero-order valence-electron chi connectivity index (χ0n) is 12.7. The highest BCUT2D eigenvalue weighted by molar-refractivity contribution is 5.95. The highest BCUT2D eigenvalue weighted by atomic mass is 16.2. The molecule has 0 fully saturated rings. The Hall–Kier alpha value is -2.28. The molecule has 0 saturated carbocycles. The molecule has 0 spiro atoms. The van der Waals surface area contributed by atoms with Gasteiger partial charge in [0.1, 0.15) is 6.33 Å². The standard InChI is InChI=1S/C14H20N6O/c1-9-5-6-10(7-11(9)20-8-16-18-19-20)17-13(21)12(15)14(2,3)4/h5-8,12H,15H2,1-4H3,(H,17,21). The summed E-state index contributed by atoms with van der Waals surface area (Å²) in [5, 5.41) is 13.9. The summed E-state index contributed by atoms with van der Waals surface area (Å²) in [6.07, 6.45) is 1.51. The molecular formula is C14H20N6O. The molecule has 112 valence electrons. The van der Waals surface area contributed by atoms with E-state index in [0.717, 1.165) is 11.3 Å². The number of rotatable bonds is 3. The zero-order chi connectivity index (χ0) is 15.6. The highest BCUT2D eigenvalue weighted by Gasteiger charge is 2.27. The van der Waals surface area contributed by atoms with Gasteiger partial charge in [-0.25, -0.2) is 4.68 Å². The van der Waals surface area contributed by atoms with Crippen molar-refractivity contribution in [2.24, 2.45) is 11.1 Å². The van der Waals surface area contributed by atoms with Gasteiger partial charge in [0.2, 0.25) is 5.91 Å². The van der Waals surface area contributed by atoms with Gasteiger partial charge in [0.15, 0.2) is 0 Å². The number of hydrogen-bond acceptors (Lipinski definition) is 5. The van der Waals surface area contributed by atoms with Crippen LogP contribution in [0.15, 0.2) is 24.5 Å². The zero-order valence-corrected chi connectivity index (χ0v) is 12.7. The van der Waals surface area contributed by atoms with Crippen molar-refractivity contribution in [3.63, 3.8) is 0 Å². The Morgan fingerprint density at radius 2 is 2.10 bits per heavy atom. The molecule has 1 heterocycles. The molecule has 0 saturated heterocycles. The summed E-state index contributed by atoms with van der Waals surface area (Å²) in [5.41, 5.74) is 8.13. The Labute approximate surface area is 123 Å². The number of aromatic nitrogens is 4. The Bertz CT molecular complexity index is 629. The minimum atomic E-state index is -0.588. The number of carbonyl (C=O) groups is 1. The molecule has 7 nitrogen and oxygen atoms in total. The SMILES string of the molecule is Cc1ccc(NC(=O)C(N)C(C)(C)C)cc1-n1cnnn1. The first-order chi connectivity index (χ1) is 9.79. The molecule has 1 aromatic carbocycles. The van der Waals surface area contributed by atoms with E-state index < -0.39 is 6.04 Å². The van der Waals surface area contributed by atoms with E-state index in [4.69, 9.17) is 5.73 Å². The first-order valence-corrected chi connectivity index (χ1v) is 6.69. The van der Waals surface area contributed by atoms with Gasteiger partial charge < -0.3 is 11.1 Å². The molecule has 0 aliphatic carbocycles. The summed E-state index contributed by atoms with van der Waals surface area (Å²) in [6, 6.07) is 4.96. The van der Waals surface area contributed by atoms with Gasteiger partial charge in [-0.3, -0.25) is 4.79 Å². The number of anilines is 1. The number of nitrogens with zero attached hydrogens (tertiary/aromatic N) is 4. The van der Waals surface area contributed by atoms with Crippen LogP contribution in [0.2, 0.25) is 0 Å². The normalized spacial score (nSPS) is 13.0. The quantitative estimate of drug-likeness (QED) is 0.886. The molecule has 2 aromatic rings. The molecule has 0 aliphatic heterocycles. The van der Waals surface area contributed by atoms with Crippen molar-refractivity contribution >= 4 is 11.6 Å². The van der Waals surface area contributed by atoms with Crippen molar-refractivity contribution in [2.45, 2.75) is 33.7 Å². The van der Waals surface area contributed by atoms with Crippen LogP contribution >= 0.6 is 0 Å². The van der Waals surface area contributed by atoms with Crippen LogP contribution in [0.1, 0.15) is 26.3 Å². The molecule has 0 bridgehead atoms. The van der Waals surface area contributed by atoms with E-state index in [1.807, 2.05) is 45.9 Å². The summed E-state index contributed by atoms with van der Waals surface area (Å²) in [5.74, 6) is -0.214. The summed E-state index contributed by atoms with van der Waals surface area (Å²) < 4.78 is 1.55. The van der Waals surface area contributed by atoms with E-state index in [2.05, 4.69) is 20.8 Å². The van der Waals surface area contributed by atoms with Crippen LogP contribution in [0.5, 0.6) is 0 Å². The van der Waals surface area contributed by atoms with Gasteiger partial charge in [0.25, 0.3) is 0 Å². The number of aryl methyl sites for hydroxylation is 1. The topological polar surface area (TPSA) is 98.7 Å². The lowest BCUT2D eigenvalue weighted by Gasteiger charge is -2.25. The van der Waals surface area contributed by atoms with E-state index in [0.29, 0.717) is 5.69 Å². The van der Waals surface area contributed by atoms with E-state index >= 15 is 0 Å². The Balaban J connectivity index is 2.23. The third-order valence-corrected chi connectivity index (χ3v) is 3.29. The average Bonchev–Trinajstić information content (AvgIpc) is 2.92. The second kappa shape index (κ2) is 5.61. The maximum atomic E-state index is 12.2. The lowest BCUT2D eigenvalue weighted by molar-refractivity contribution is -0.119. The minimum absolute atomic E-state index is 0.214. The number of nitrogens with one attached hydrogen (secondary N) is 1. The van der Waals surface area contributed by atoms with E-state index in [-0.39, 0.29) is 11.3 Å². The van der Waals surface area contributed by atoms with E-state index in [9.17, 15) is 4.79 Å². The van der Waals surface area contributed by atoms with E-state index in [1.54, 1.807) is 4.68 Å². The molecule has 1 aromatic heterocycles. The van der Waals surface area contributed by atoms with Crippen LogP contribution in [-0.4, -0.2) is 32.2 Å². The van der Waals surface area contributed by atoms with Gasteiger partial charge in [-0.15, -0.1) is 5.10 Å². The van der Waals surface area contributed by atoms with Crippen LogP contribution < -0.4 is 11.1 Å². The molecule has 21 heavy (non-hydrogen) atoms. The van der Waals surface area contributed by atoms with Crippen LogP contribution in [0.4, 0.5) is 5.69 Å². The number of nitrogens with two attached hydrogens (primary N) is 1. The molecule has 0 aliphatic rings. The van der Waals surface area contributed by atoms with Gasteiger partial charge >= 0.3 is 0 Å². The van der Waals surface area contributed by atoms with Gasteiger partial charge in [0, 0.05) is 5.69 Å². The lowest BCUT2D eigenvalue weighted by Crippen LogP contribution is -2.45. The third-order valence-electron chi connectivity index (χ3n) is 3.29. The number of carbonyl (C=O) groups excluding carboxylic acids is 1. The van der Waals surface area contributed by atoms with Crippen LogP contribution in [0.3, 0.4) is 0 Å². The monoisotopic (exact) mass is 288 g/mol. The maximum Gasteiger partial charge on any atom is 0.241 e. The average molecular weight is 288 g/mol. The third kappa shape index (κ3) is 3.43. The number of hydrogen-bond donors (Lipinski definition) is 2. The van der Waals surface area contributed by atoms with Crippen molar-refractivity contribution in [3.05, 3.63) is 30.1 Å². The molecule has 0 radical (unpaired) electrons. The van der Waals surface area contributed by atoms with Crippen molar-refractivity contribution in [1.29, 1.82) is 0 Å². The molecule has 7 heteroatoms. The molecule has 1 amide bonds. The van der Waals surface area contributed by atoms with Crippen LogP contribution in [0, 0.1) is 12.3 Å². The smallest absolute Gasteiger partial charge is 0.241 e. The Kier molecular flexibility index (Phi) is 4.04. The fourth-order valence-corrected chi connectivity index (χ4v) is 1.82. The summed E-state index contributed by atoms with van der Waals surface area (Å²) in [7, 11) is 0. The molecule has 1 unspecified atom stereocenters. The van der Waals surface area contributed by atoms with Gasteiger partial charge in [-0.1, -0.05) is 26.8 Å². The fourth-order valence-electron chi connectivity index (χ4n) is 1.82. The second-order valence-corrected chi connectivity index (χ2v) is 6.09. The van der Waals surface area contributed by atoms with Crippen molar-refractivity contribution in [1.82, 2.24) is 20.2 Å². The predicted octanol–water partition coefficient (Wildman–Crippen LogP) is 1.28. The second-order valence-electron chi connectivity index (χ2n) is 6.09. The lowest BCUT2D eigenvalue weighted by atomic mass is 9.87. The van der Waals surface area contributed by atoms with Crippen LogP contribution in [-0.2, 0) is 4.79 Å². The number of benzene rings is 1. The molecular weight excluding hydrogens is 268 g/mol. The largest absolute Gasteiger partial charge is 0.325 e. The van der Waals surface area contributed by atoms with Crippen molar-refractivity contribution in [3.8, 4) is 5.69 Å².